The van der Waals surface area contributed by atoms with Gasteiger partial charge in [0.2, 0.25) is 0 Å². The minimum absolute atomic E-state index is 0.433. The molecular weight excluding hydrogens is 328 g/mol. The van der Waals surface area contributed by atoms with Gasteiger partial charge in [0.1, 0.15) is 12.4 Å². The van der Waals surface area contributed by atoms with Crippen LogP contribution in [0.3, 0.4) is 0 Å². The summed E-state index contributed by atoms with van der Waals surface area (Å²) in [6.45, 7) is 4.89. The van der Waals surface area contributed by atoms with Gasteiger partial charge in [-0.3, -0.25) is 0 Å². The number of ether oxygens (including phenoxy) is 1. The highest BCUT2D eigenvalue weighted by atomic mass is 79.9. The van der Waals surface area contributed by atoms with Crippen molar-refractivity contribution < 1.29 is 4.74 Å². The Morgan fingerprint density at radius 2 is 1.90 bits per heavy atom. The smallest absolute Gasteiger partial charge is 0.127 e. The first-order chi connectivity index (χ1) is 10.0. The summed E-state index contributed by atoms with van der Waals surface area (Å²) in [5, 5.41) is 8.89. The van der Waals surface area contributed by atoms with Crippen LogP contribution in [0.15, 0.2) is 34.8 Å². The molecule has 0 aliphatic rings. The van der Waals surface area contributed by atoms with E-state index in [4.69, 9.17) is 15.7 Å². The SMILES string of the molecule is Cc1cc(C#N)ccc1COc1c(C)cc(Br)cc1CN. The highest BCUT2D eigenvalue weighted by Crippen LogP contribution is 2.28. The summed E-state index contributed by atoms with van der Waals surface area (Å²) in [4.78, 5) is 0. The van der Waals surface area contributed by atoms with Crippen molar-refractivity contribution in [3.8, 4) is 11.8 Å². The third-order valence-electron chi connectivity index (χ3n) is 3.38. The lowest BCUT2D eigenvalue weighted by atomic mass is 10.1. The zero-order valence-electron chi connectivity index (χ0n) is 12.1. The molecule has 2 aromatic rings. The number of hydrogen-bond donors (Lipinski definition) is 1. The number of rotatable bonds is 4. The fourth-order valence-electron chi connectivity index (χ4n) is 2.23. The molecule has 0 atom stereocenters. The molecule has 2 aromatic carbocycles. The summed E-state index contributed by atoms with van der Waals surface area (Å²) in [5.41, 5.74) is 10.6. The van der Waals surface area contributed by atoms with Crippen molar-refractivity contribution in [3.05, 3.63) is 62.6 Å². The van der Waals surface area contributed by atoms with Crippen molar-refractivity contribution in [2.75, 3.05) is 0 Å². The van der Waals surface area contributed by atoms with Crippen molar-refractivity contribution in [1.82, 2.24) is 0 Å². The van der Waals surface area contributed by atoms with Gasteiger partial charge in [0.25, 0.3) is 0 Å². The lowest BCUT2D eigenvalue weighted by molar-refractivity contribution is 0.300. The molecule has 108 valence electrons. The molecule has 0 fully saturated rings. The molecule has 0 bridgehead atoms. The fraction of sp³-hybridized carbons (Fsp3) is 0.235. The first-order valence-electron chi connectivity index (χ1n) is 6.66. The van der Waals surface area contributed by atoms with Gasteiger partial charge in [-0.1, -0.05) is 22.0 Å². The van der Waals surface area contributed by atoms with Crippen LogP contribution in [-0.2, 0) is 13.2 Å². The van der Waals surface area contributed by atoms with Gasteiger partial charge in [-0.15, -0.1) is 0 Å². The summed E-state index contributed by atoms with van der Waals surface area (Å²) in [5.74, 6) is 0.837. The van der Waals surface area contributed by atoms with Crippen LogP contribution in [-0.4, -0.2) is 0 Å². The number of hydrogen-bond acceptors (Lipinski definition) is 3. The van der Waals surface area contributed by atoms with E-state index in [1.165, 1.54) is 0 Å². The van der Waals surface area contributed by atoms with Gasteiger partial charge in [0.05, 0.1) is 11.6 Å². The molecule has 0 radical (unpaired) electrons. The van der Waals surface area contributed by atoms with E-state index in [-0.39, 0.29) is 0 Å². The van der Waals surface area contributed by atoms with E-state index in [1.54, 1.807) is 0 Å². The molecule has 0 aromatic heterocycles. The van der Waals surface area contributed by atoms with Crippen molar-refractivity contribution in [2.24, 2.45) is 5.73 Å². The van der Waals surface area contributed by atoms with Crippen molar-refractivity contribution in [1.29, 1.82) is 5.26 Å². The maximum Gasteiger partial charge on any atom is 0.127 e. The molecular formula is C17H17BrN2O. The summed E-state index contributed by atoms with van der Waals surface area (Å²) in [7, 11) is 0. The van der Waals surface area contributed by atoms with E-state index < -0.39 is 0 Å². The normalized spacial score (nSPS) is 10.2. The standard InChI is InChI=1S/C17H17BrN2O/c1-11-5-13(8-19)3-4-14(11)10-21-17-12(2)6-16(18)7-15(17)9-20/h3-7H,9-10,20H2,1-2H3. The number of halogens is 1. The van der Waals surface area contributed by atoms with Crippen LogP contribution in [0.1, 0.15) is 27.8 Å². The van der Waals surface area contributed by atoms with Crippen LogP contribution in [0.5, 0.6) is 5.75 Å². The van der Waals surface area contributed by atoms with Crippen molar-refractivity contribution >= 4 is 15.9 Å². The topological polar surface area (TPSA) is 59.0 Å². The number of nitriles is 1. The number of nitrogens with zero attached hydrogens (tertiary/aromatic N) is 1. The third-order valence-corrected chi connectivity index (χ3v) is 3.84. The summed E-state index contributed by atoms with van der Waals surface area (Å²) >= 11 is 3.47. The Kier molecular flexibility index (Phi) is 5.00. The quantitative estimate of drug-likeness (QED) is 0.912. The van der Waals surface area contributed by atoms with Crippen molar-refractivity contribution in [2.45, 2.75) is 27.0 Å². The molecule has 0 saturated heterocycles. The van der Waals surface area contributed by atoms with E-state index in [2.05, 4.69) is 22.0 Å². The second-order valence-electron chi connectivity index (χ2n) is 4.96. The Balaban J connectivity index is 2.23. The van der Waals surface area contributed by atoms with Crippen LogP contribution in [0.25, 0.3) is 0 Å². The lowest BCUT2D eigenvalue weighted by Crippen LogP contribution is -2.05. The number of nitrogens with two attached hydrogens (primary N) is 1. The Bertz CT molecular complexity index is 705. The Morgan fingerprint density at radius 3 is 2.52 bits per heavy atom. The zero-order chi connectivity index (χ0) is 15.4. The van der Waals surface area contributed by atoms with Crippen LogP contribution in [0, 0.1) is 25.2 Å². The number of aryl methyl sites for hydroxylation is 2. The molecule has 0 unspecified atom stereocenters. The van der Waals surface area contributed by atoms with Gasteiger partial charge in [-0.05, 0) is 54.8 Å². The highest BCUT2D eigenvalue weighted by molar-refractivity contribution is 9.10. The molecule has 0 aliphatic carbocycles. The fourth-order valence-corrected chi connectivity index (χ4v) is 2.85. The van der Waals surface area contributed by atoms with Gasteiger partial charge in [-0.2, -0.15) is 5.26 Å². The Morgan fingerprint density at radius 1 is 1.14 bits per heavy atom. The first-order valence-corrected chi connectivity index (χ1v) is 7.46. The summed E-state index contributed by atoms with van der Waals surface area (Å²) in [6.07, 6.45) is 0. The molecule has 0 amide bonds. The molecule has 3 nitrogen and oxygen atoms in total. The molecule has 21 heavy (non-hydrogen) atoms. The van der Waals surface area contributed by atoms with Crippen molar-refractivity contribution in [3.63, 3.8) is 0 Å². The second-order valence-corrected chi connectivity index (χ2v) is 5.87. The lowest BCUT2D eigenvalue weighted by Gasteiger charge is -2.15. The largest absolute Gasteiger partial charge is 0.488 e. The molecule has 4 heteroatoms. The van der Waals surface area contributed by atoms with E-state index in [0.717, 1.165) is 32.5 Å². The van der Waals surface area contributed by atoms with Crippen LogP contribution < -0.4 is 10.5 Å². The first kappa shape index (κ1) is 15.6. The van der Waals surface area contributed by atoms with Crippen LogP contribution in [0.2, 0.25) is 0 Å². The molecule has 0 heterocycles. The zero-order valence-corrected chi connectivity index (χ0v) is 13.7. The van der Waals surface area contributed by atoms with Gasteiger partial charge in [0, 0.05) is 16.6 Å². The maximum absolute atomic E-state index is 8.89. The van der Waals surface area contributed by atoms with E-state index in [9.17, 15) is 0 Å². The predicted octanol–water partition coefficient (Wildman–Crippen LogP) is 3.98. The second kappa shape index (κ2) is 6.75. The molecule has 0 aliphatic heterocycles. The van der Waals surface area contributed by atoms with E-state index >= 15 is 0 Å². The van der Waals surface area contributed by atoms with Gasteiger partial charge in [-0.25, -0.2) is 0 Å². The Hall–Kier alpha value is -1.83. The van der Waals surface area contributed by atoms with Crippen LogP contribution in [0.4, 0.5) is 0 Å². The highest BCUT2D eigenvalue weighted by Gasteiger charge is 2.09. The average molecular weight is 345 g/mol. The summed E-state index contributed by atoms with van der Waals surface area (Å²) < 4.78 is 6.97. The minimum atomic E-state index is 0.433. The van der Waals surface area contributed by atoms with Gasteiger partial charge < -0.3 is 10.5 Å². The minimum Gasteiger partial charge on any atom is -0.488 e. The molecule has 0 spiro atoms. The van der Waals surface area contributed by atoms with Crippen LogP contribution >= 0.6 is 15.9 Å². The van der Waals surface area contributed by atoms with E-state index in [1.807, 2.05) is 44.2 Å². The van der Waals surface area contributed by atoms with Gasteiger partial charge in [0.15, 0.2) is 0 Å². The molecule has 2 rings (SSSR count). The summed E-state index contributed by atoms with van der Waals surface area (Å²) in [6, 6.07) is 11.8. The maximum atomic E-state index is 8.89. The predicted molar refractivity (Wildman–Crippen MR) is 87.0 cm³/mol. The average Bonchev–Trinajstić information content (AvgIpc) is 2.46. The number of benzene rings is 2. The van der Waals surface area contributed by atoms with Gasteiger partial charge >= 0.3 is 0 Å². The third kappa shape index (κ3) is 3.63. The van der Waals surface area contributed by atoms with E-state index in [0.29, 0.717) is 18.7 Å². The molecule has 0 saturated carbocycles. The monoisotopic (exact) mass is 344 g/mol. The Labute approximate surface area is 133 Å². The molecule has 2 N–H and O–H groups in total.